The highest BCUT2D eigenvalue weighted by atomic mass is 16.4. The van der Waals surface area contributed by atoms with Crippen molar-refractivity contribution < 1.29 is 9.21 Å². The number of fused-ring (bicyclic) bond motifs is 1. The van der Waals surface area contributed by atoms with Crippen LogP contribution in [0.25, 0.3) is 0 Å². The van der Waals surface area contributed by atoms with Crippen molar-refractivity contribution in [3.63, 3.8) is 0 Å². The zero-order valence-corrected chi connectivity index (χ0v) is 14.8. The summed E-state index contributed by atoms with van der Waals surface area (Å²) in [6.45, 7) is 5.25. The molecule has 1 amide bonds. The average Bonchev–Trinajstić information content (AvgIpc) is 3.05. The largest absolute Gasteiger partial charge is 0.427 e. The number of carbonyl (C=O) groups is 1. The third-order valence-electron chi connectivity index (χ3n) is 5.06. The fourth-order valence-electron chi connectivity index (χ4n) is 3.67. The Hall–Kier alpha value is -2.61. The summed E-state index contributed by atoms with van der Waals surface area (Å²) in [6, 6.07) is 1.83. The molecule has 1 saturated heterocycles. The normalized spacial score (nSPS) is 17.4. The second-order valence-corrected chi connectivity index (χ2v) is 6.88. The van der Waals surface area contributed by atoms with Crippen LogP contribution in [0.5, 0.6) is 0 Å². The molecule has 0 spiro atoms. The number of nitrogens with one attached hydrogen (secondary N) is 3. The van der Waals surface area contributed by atoms with Crippen LogP contribution in [0.1, 0.15) is 46.9 Å². The first-order chi connectivity index (χ1) is 12.6. The van der Waals surface area contributed by atoms with Crippen molar-refractivity contribution in [2.75, 3.05) is 30.3 Å². The van der Waals surface area contributed by atoms with E-state index in [9.17, 15) is 9.59 Å². The Balaban J connectivity index is 1.58. The van der Waals surface area contributed by atoms with Gasteiger partial charge in [-0.05, 0) is 50.9 Å². The molecule has 0 aliphatic carbocycles. The molecule has 26 heavy (non-hydrogen) atoms. The Morgan fingerprint density at radius 1 is 1.35 bits per heavy atom. The number of hydrogen-bond donors (Lipinski definition) is 3. The van der Waals surface area contributed by atoms with E-state index in [2.05, 4.69) is 21.0 Å². The monoisotopic (exact) mass is 357 g/mol. The predicted octanol–water partition coefficient (Wildman–Crippen LogP) is 1.68. The number of aromatic nitrogens is 2. The van der Waals surface area contributed by atoms with Crippen molar-refractivity contribution in [1.82, 2.24) is 15.1 Å². The number of carbonyl (C=O) groups excluding carboxylic acids is 1. The molecule has 2 aliphatic rings. The zero-order valence-electron chi connectivity index (χ0n) is 14.8. The minimum Gasteiger partial charge on any atom is -0.427 e. The molecule has 1 fully saturated rings. The Morgan fingerprint density at radius 3 is 2.92 bits per heavy atom. The average molecular weight is 357 g/mol. The fraction of sp³-hybridized carbons (Fsp3) is 0.500. The lowest BCUT2D eigenvalue weighted by atomic mass is 9.94. The zero-order chi connectivity index (χ0) is 18.1. The van der Waals surface area contributed by atoms with E-state index in [-0.39, 0.29) is 11.5 Å². The van der Waals surface area contributed by atoms with E-state index in [1.807, 2.05) is 10.7 Å². The van der Waals surface area contributed by atoms with Crippen LogP contribution in [0.2, 0.25) is 0 Å². The van der Waals surface area contributed by atoms with Crippen molar-refractivity contribution in [2.45, 2.75) is 38.6 Å². The van der Waals surface area contributed by atoms with Crippen molar-refractivity contribution in [3.05, 3.63) is 39.6 Å². The van der Waals surface area contributed by atoms with Gasteiger partial charge < -0.3 is 20.4 Å². The first-order valence-corrected chi connectivity index (χ1v) is 9.10. The topological polar surface area (TPSA) is 101 Å². The van der Waals surface area contributed by atoms with Crippen LogP contribution < -0.4 is 21.6 Å². The summed E-state index contributed by atoms with van der Waals surface area (Å²) < 4.78 is 7.32. The van der Waals surface area contributed by atoms with E-state index in [1.54, 1.807) is 13.1 Å². The lowest BCUT2D eigenvalue weighted by Crippen LogP contribution is -2.28. The van der Waals surface area contributed by atoms with Gasteiger partial charge in [-0.2, -0.15) is 5.10 Å². The van der Waals surface area contributed by atoms with Gasteiger partial charge in [-0.15, -0.1) is 0 Å². The van der Waals surface area contributed by atoms with Crippen LogP contribution in [0.3, 0.4) is 0 Å². The van der Waals surface area contributed by atoms with Gasteiger partial charge in [0.05, 0.1) is 6.20 Å². The summed E-state index contributed by atoms with van der Waals surface area (Å²) in [4.78, 5) is 25.2. The molecule has 2 aromatic heterocycles. The maximum Gasteiger partial charge on any atom is 0.349 e. The number of rotatable bonds is 3. The standard InChI is InChI=1S/C18H23N5O3/c1-11-9-14(12-3-6-19-7-4-12)26-18(25)15(11)17(24)22-13-10-21-23-8-2-5-20-16(13)23/h9-10,12,19-20H,2-8H2,1H3,(H,22,24). The van der Waals surface area contributed by atoms with Crippen LogP contribution >= 0.6 is 0 Å². The smallest absolute Gasteiger partial charge is 0.349 e. The lowest BCUT2D eigenvalue weighted by Gasteiger charge is -2.22. The van der Waals surface area contributed by atoms with Crippen molar-refractivity contribution >= 4 is 17.4 Å². The Labute approximate surface area is 151 Å². The fourth-order valence-corrected chi connectivity index (χ4v) is 3.67. The molecule has 138 valence electrons. The summed E-state index contributed by atoms with van der Waals surface area (Å²) in [5.41, 5.74) is 0.695. The Bertz CT molecular complexity index is 879. The third-order valence-corrected chi connectivity index (χ3v) is 5.06. The molecule has 0 saturated carbocycles. The molecule has 0 atom stereocenters. The quantitative estimate of drug-likeness (QED) is 0.773. The first kappa shape index (κ1) is 16.8. The van der Waals surface area contributed by atoms with Gasteiger partial charge in [-0.25, -0.2) is 9.48 Å². The van der Waals surface area contributed by atoms with Gasteiger partial charge in [-0.3, -0.25) is 4.79 Å². The molecule has 2 aromatic rings. The van der Waals surface area contributed by atoms with Crippen molar-refractivity contribution in [2.24, 2.45) is 0 Å². The minimum absolute atomic E-state index is 0.0541. The summed E-state index contributed by atoms with van der Waals surface area (Å²) in [7, 11) is 0. The first-order valence-electron chi connectivity index (χ1n) is 9.10. The summed E-state index contributed by atoms with van der Waals surface area (Å²) >= 11 is 0. The number of nitrogens with zero attached hydrogens (tertiary/aromatic N) is 2. The van der Waals surface area contributed by atoms with E-state index in [4.69, 9.17) is 4.42 Å². The molecule has 8 nitrogen and oxygen atoms in total. The molecule has 4 rings (SSSR count). The number of piperidine rings is 1. The number of amides is 1. The van der Waals surface area contributed by atoms with Crippen LogP contribution in [0.15, 0.2) is 21.5 Å². The number of hydrogen-bond acceptors (Lipinski definition) is 6. The molecule has 0 aromatic carbocycles. The van der Waals surface area contributed by atoms with Crippen LogP contribution in [0.4, 0.5) is 11.5 Å². The number of aryl methyl sites for hydroxylation is 2. The van der Waals surface area contributed by atoms with E-state index < -0.39 is 11.5 Å². The minimum atomic E-state index is -0.579. The van der Waals surface area contributed by atoms with Crippen molar-refractivity contribution in [3.8, 4) is 0 Å². The molecule has 0 bridgehead atoms. The van der Waals surface area contributed by atoms with Gasteiger partial charge in [-0.1, -0.05) is 0 Å². The maximum absolute atomic E-state index is 12.7. The van der Waals surface area contributed by atoms with Gasteiger partial charge in [0.2, 0.25) is 0 Å². The van der Waals surface area contributed by atoms with Crippen molar-refractivity contribution in [1.29, 1.82) is 0 Å². The van der Waals surface area contributed by atoms with Crippen LogP contribution in [-0.4, -0.2) is 35.3 Å². The molecule has 2 aliphatic heterocycles. The maximum atomic E-state index is 12.7. The summed E-state index contributed by atoms with van der Waals surface area (Å²) in [5, 5.41) is 13.6. The molecule has 4 heterocycles. The van der Waals surface area contributed by atoms with Gasteiger partial charge in [0.15, 0.2) is 0 Å². The summed E-state index contributed by atoms with van der Waals surface area (Å²) in [6.07, 6.45) is 4.46. The predicted molar refractivity (Wildman–Crippen MR) is 97.8 cm³/mol. The van der Waals surface area contributed by atoms with E-state index in [0.29, 0.717) is 17.0 Å². The van der Waals surface area contributed by atoms with E-state index >= 15 is 0 Å². The summed E-state index contributed by atoms with van der Waals surface area (Å²) in [5.74, 6) is 1.22. The second-order valence-electron chi connectivity index (χ2n) is 6.88. The van der Waals surface area contributed by atoms with Gasteiger partial charge in [0.1, 0.15) is 22.8 Å². The molecule has 0 radical (unpaired) electrons. The van der Waals surface area contributed by atoms with Gasteiger partial charge in [0.25, 0.3) is 5.91 Å². The SMILES string of the molecule is Cc1cc(C2CCNCC2)oc(=O)c1C(=O)Nc1cnn2c1NCCC2. The Kier molecular flexibility index (Phi) is 4.50. The van der Waals surface area contributed by atoms with Crippen LogP contribution in [-0.2, 0) is 6.54 Å². The van der Waals surface area contributed by atoms with Gasteiger partial charge in [0, 0.05) is 19.0 Å². The molecule has 3 N–H and O–H groups in total. The Morgan fingerprint density at radius 2 is 2.15 bits per heavy atom. The third kappa shape index (κ3) is 3.12. The molecule has 8 heteroatoms. The molecule has 0 unspecified atom stereocenters. The highest BCUT2D eigenvalue weighted by molar-refractivity contribution is 6.06. The van der Waals surface area contributed by atoms with E-state index in [0.717, 1.165) is 51.3 Å². The van der Waals surface area contributed by atoms with Crippen LogP contribution in [0, 0.1) is 6.92 Å². The lowest BCUT2D eigenvalue weighted by molar-refractivity contribution is 0.102. The highest BCUT2D eigenvalue weighted by Gasteiger charge is 2.24. The molecular weight excluding hydrogens is 334 g/mol. The number of anilines is 2. The van der Waals surface area contributed by atoms with E-state index in [1.165, 1.54) is 0 Å². The molecular formula is C18H23N5O3. The second kappa shape index (κ2) is 6.95. The highest BCUT2D eigenvalue weighted by Crippen LogP contribution is 2.27. The van der Waals surface area contributed by atoms with Gasteiger partial charge >= 0.3 is 5.63 Å².